The third-order valence-corrected chi connectivity index (χ3v) is 3.82. The highest BCUT2D eigenvalue weighted by molar-refractivity contribution is 8.00. The largest absolute Gasteiger partial charge is 0.310 e. The first kappa shape index (κ1) is 13.4. The summed E-state index contributed by atoms with van der Waals surface area (Å²) in [6, 6.07) is 0.461. The fourth-order valence-electron chi connectivity index (χ4n) is 1.21. The Kier molecular flexibility index (Phi) is 4.62. The van der Waals surface area contributed by atoms with Gasteiger partial charge in [-0.15, -0.1) is 0 Å². The van der Waals surface area contributed by atoms with Gasteiger partial charge in [0.05, 0.1) is 0 Å². The molecular weight excluding hydrogens is 266 g/mol. The molecule has 2 aromatic rings. The summed E-state index contributed by atoms with van der Waals surface area (Å²) in [5, 5.41) is 4.03. The second-order valence-corrected chi connectivity index (χ2v) is 6.09. The molecule has 2 aromatic heterocycles. The molecular formula is C11H15N5S2. The van der Waals surface area contributed by atoms with Gasteiger partial charge in [0.1, 0.15) is 5.82 Å². The van der Waals surface area contributed by atoms with Crippen LogP contribution in [-0.4, -0.2) is 25.4 Å². The molecule has 18 heavy (non-hydrogen) atoms. The van der Waals surface area contributed by atoms with Gasteiger partial charge in [0.2, 0.25) is 0 Å². The number of rotatable bonds is 5. The van der Waals surface area contributed by atoms with Gasteiger partial charge in [0.25, 0.3) is 0 Å². The Hall–Kier alpha value is -1.05. The van der Waals surface area contributed by atoms with Crippen molar-refractivity contribution in [2.75, 3.05) is 0 Å². The van der Waals surface area contributed by atoms with Crippen LogP contribution < -0.4 is 5.32 Å². The quantitative estimate of drug-likeness (QED) is 0.848. The first-order chi connectivity index (χ1) is 8.63. The van der Waals surface area contributed by atoms with Crippen LogP contribution in [0.3, 0.4) is 0 Å². The van der Waals surface area contributed by atoms with Crippen molar-refractivity contribution in [1.29, 1.82) is 0 Å². The summed E-state index contributed by atoms with van der Waals surface area (Å²) in [5.41, 5.74) is 1.08. The van der Waals surface area contributed by atoms with Crippen LogP contribution >= 0.6 is 23.3 Å². The molecule has 0 radical (unpaired) electrons. The van der Waals surface area contributed by atoms with Crippen molar-refractivity contribution in [1.82, 2.24) is 24.6 Å². The van der Waals surface area contributed by atoms with E-state index in [-0.39, 0.29) is 0 Å². The van der Waals surface area contributed by atoms with Gasteiger partial charge in [-0.05, 0) is 30.2 Å². The summed E-state index contributed by atoms with van der Waals surface area (Å²) in [6.07, 6.45) is 3.69. The van der Waals surface area contributed by atoms with Crippen molar-refractivity contribution in [2.45, 2.75) is 42.9 Å². The minimum absolute atomic E-state index is 0.461. The second-order valence-electron chi connectivity index (χ2n) is 4.12. The highest BCUT2D eigenvalue weighted by Crippen LogP contribution is 2.25. The maximum atomic E-state index is 4.31. The van der Waals surface area contributed by atoms with E-state index in [1.54, 1.807) is 0 Å². The molecule has 2 heterocycles. The molecule has 0 saturated carbocycles. The number of hydrogen-bond acceptors (Lipinski definition) is 7. The van der Waals surface area contributed by atoms with Crippen molar-refractivity contribution < 1.29 is 0 Å². The fourth-order valence-corrected chi connectivity index (χ4v) is 2.66. The molecule has 0 aliphatic rings. The van der Waals surface area contributed by atoms with Crippen molar-refractivity contribution in [2.24, 2.45) is 0 Å². The van der Waals surface area contributed by atoms with Gasteiger partial charge >= 0.3 is 0 Å². The van der Waals surface area contributed by atoms with E-state index in [4.69, 9.17) is 0 Å². The van der Waals surface area contributed by atoms with Crippen LogP contribution in [-0.2, 0) is 6.54 Å². The lowest BCUT2D eigenvalue weighted by Crippen LogP contribution is -2.21. The Labute approximate surface area is 115 Å². The van der Waals surface area contributed by atoms with Crippen LogP contribution in [0.2, 0.25) is 0 Å². The van der Waals surface area contributed by atoms with Crippen molar-refractivity contribution in [3.8, 4) is 0 Å². The fraction of sp³-hybridized carbons (Fsp3) is 0.455. The normalized spacial score (nSPS) is 11.1. The summed E-state index contributed by atoms with van der Waals surface area (Å²) >= 11 is 2.82. The number of nitrogens with zero attached hydrogens (tertiary/aromatic N) is 4. The van der Waals surface area contributed by atoms with Crippen molar-refractivity contribution in [3.05, 3.63) is 23.8 Å². The van der Waals surface area contributed by atoms with E-state index in [0.717, 1.165) is 22.3 Å². The molecule has 1 N–H and O–H groups in total. The van der Waals surface area contributed by atoms with E-state index in [1.807, 2.05) is 19.3 Å². The molecule has 0 atom stereocenters. The summed E-state index contributed by atoms with van der Waals surface area (Å²) < 4.78 is 5.00. The zero-order valence-electron chi connectivity index (χ0n) is 10.5. The Morgan fingerprint density at radius 3 is 2.61 bits per heavy atom. The van der Waals surface area contributed by atoms with Crippen LogP contribution in [0.25, 0.3) is 0 Å². The molecule has 7 heteroatoms. The van der Waals surface area contributed by atoms with E-state index in [0.29, 0.717) is 11.2 Å². The maximum Gasteiger partial charge on any atom is 0.194 e. The average molecular weight is 281 g/mol. The molecule has 0 spiro atoms. The van der Waals surface area contributed by atoms with E-state index >= 15 is 0 Å². The topological polar surface area (TPSA) is 63.6 Å². The summed E-state index contributed by atoms with van der Waals surface area (Å²) in [6.45, 7) is 6.90. The Balaban J connectivity index is 1.95. The SMILES string of the molecule is Cc1nsc(Sc2ncc(CNC(C)C)cn2)n1. The lowest BCUT2D eigenvalue weighted by atomic mass is 10.3. The summed E-state index contributed by atoms with van der Waals surface area (Å²) in [4.78, 5) is 12.9. The molecule has 0 aliphatic carbocycles. The second kappa shape index (κ2) is 6.21. The standard InChI is InChI=1S/C11H15N5S2/c1-7(2)12-4-9-5-13-10(14-6-9)17-11-15-8(3)16-18-11/h5-7,12H,4H2,1-3H3. The Morgan fingerprint density at radius 1 is 1.33 bits per heavy atom. The first-order valence-electron chi connectivity index (χ1n) is 5.66. The van der Waals surface area contributed by atoms with Gasteiger partial charge in [0, 0.05) is 30.5 Å². The van der Waals surface area contributed by atoms with Gasteiger partial charge in [-0.3, -0.25) is 0 Å². The zero-order chi connectivity index (χ0) is 13.0. The molecule has 0 aliphatic heterocycles. The predicted octanol–water partition coefficient (Wildman–Crippen LogP) is 2.29. The maximum absolute atomic E-state index is 4.31. The lowest BCUT2D eigenvalue weighted by molar-refractivity contribution is 0.585. The van der Waals surface area contributed by atoms with Crippen molar-refractivity contribution >= 4 is 23.3 Å². The molecule has 0 fully saturated rings. The van der Waals surface area contributed by atoms with Crippen LogP contribution in [0, 0.1) is 6.92 Å². The highest BCUT2D eigenvalue weighted by atomic mass is 32.2. The Morgan fingerprint density at radius 2 is 2.06 bits per heavy atom. The number of aryl methyl sites for hydroxylation is 1. The molecule has 0 unspecified atom stereocenters. The zero-order valence-corrected chi connectivity index (χ0v) is 12.2. The molecule has 96 valence electrons. The average Bonchev–Trinajstić information content (AvgIpc) is 2.74. The van der Waals surface area contributed by atoms with Gasteiger partial charge in [-0.1, -0.05) is 13.8 Å². The molecule has 0 aromatic carbocycles. The smallest absolute Gasteiger partial charge is 0.194 e. The van der Waals surface area contributed by atoms with Gasteiger partial charge in [-0.2, -0.15) is 4.37 Å². The minimum atomic E-state index is 0.461. The predicted molar refractivity (Wildman–Crippen MR) is 72.8 cm³/mol. The van der Waals surface area contributed by atoms with E-state index in [2.05, 4.69) is 38.5 Å². The first-order valence-corrected chi connectivity index (χ1v) is 7.25. The molecule has 0 bridgehead atoms. The number of hydrogen-bond donors (Lipinski definition) is 1. The number of nitrogens with one attached hydrogen (secondary N) is 1. The van der Waals surface area contributed by atoms with Gasteiger partial charge < -0.3 is 5.32 Å². The van der Waals surface area contributed by atoms with Crippen LogP contribution in [0.5, 0.6) is 0 Å². The molecule has 0 amide bonds. The third kappa shape index (κ3) is 4.01. The molecule has 5 nitrogen and oxygen atoms in total. The third-order valence-electron chi connectivity index (χ3n) is 2.08. The lowest BCUT2D eigenvalue weighted by Gasteiger charge is -2.07. The van der Waals surface area contributed by atoms with E-state index in [9.17, 15) is 0 Å². The van der Waals surface area contributed by atoms with E-state index < -0.39 is 0 Å². The van der Waals surface area contributed by atoms with Crippen LogP contribution in [0.1, 0.15) is 25.2 Å². The molecule has 2 rings (SSSR count). The van der Waals surface area contributed by atoms with Gasteiger partial charge in [-0.25, -0.2) is 15.0 Å². The van der Waals surface area contributed by atoms with E-state index in [1.165, 1.54) is 23.3 Å². The molecule has 0 saturated heterocycles. The van der Waals surface area contributed by atoms with Crippen LogP contribution in [0.4, 0.5) is 0 Å². The Bertz CT molecular complexity index is 494. The van der Waals surface area contributed by atoms with Gasteiger partial charge in [0.15, 0.2) is 9.50 Å². The monoisotopic (exact) mass is 281 g/mol. The highest BCUT2D eigenvalue weighted by Gasteiger charge is 2.05. The summed E-state index contributed by atoms with van der Waals surface area (Å²) in [5.74, 6) is 0.792. The minimum Gasteiger partial charge on any atom is -0.310 e. The van der Waals surface area contributed by atoms with Crippen molar-refractivity contribution in [3.63, 3.8) is 0 Å². The van der Waals surface area contributed by atoms with Crippen LogP contribution in [0.15, 0.2) is 21.9 Å². The summed E-state index contributed by atoms with van der Waals surface area (Å²) in [7, 11) is 0. The number of aromatic nitrogens is 4.